The number of rotatable bonds is 4. The molecule has 2 N–H and O–H groups in total. The highest BCUT2D eigenvalue weighted by Gasteiger charge is 2.62. The van der Waals surface area contributed by atoms with Crippen LogP contribution in [0, 0.1) is 23.2 Å². The van der Waals surface area contributed by atoms with E-state index in [1.807, 2.05) is 0 Å². The molecule has 0 spiro atoms. The van der Waals surface area contributed by atoms with Gasteiger partial charge >= 0.3 is 0 Å². The molecular weight excluding hydrogens is 246 g/mol. The average molecular weight is 273 g/mol. The second kappa shape index (κ2) is 4.85. The van der Waals surface area contributed by atoms with Gasteiger partial charge in [-0.1, -0.05) is 44.2 Å². The number of hydrogen-bond donors (Lipinski definition) is 2. The van der Waals surface area contributed by atoms with Gasteiger partial charge in [0.1, 0.15) is 0 Å². The van der Waals surface area contributed by atoms with Crippen LogP contribution in [0.25, 0.3) is 0 Å². The van der Waals surface area contributed by atoms with Gasteiger partial charge in [0, 0.05) is 24.6 Å². The SMILES string of the molecule is CC1(C)[C@H]2C[C@H](CO)[C@](C)(NCc3ccccc3)[C@@H]1C2. The Hall–Kier alpha value is -0.860. The normalized spacial score (nSPS) is 38.3. The van der Waals surface area contributed by atoms with Crippen LogP contribution >= 0.6 is 0 Å². The summed E-state index contributed by atoms with van der Waals surface area (Å²) in [6, 6.07) is 10.6. The molecule has 0 heterocycles. The van der Waals surface area contributed by atoms with Crippen LogP contribution in [0.4, 0.5) is 0 Å². The first-order chi connectivity index (χ1) is 9.48. The van der Waals surface area contributed by atoms with Gasteiger partial charge in [-0.3, -0.25) is 0 Å². The summed E-state index contributed by atoms with van der Waals surface area (Å²) in [6.07, 6.45) is 2.49. The highest BCUT2D eigenvalue weighted by atomic mass is 16.3. The molecule has 2 bridgehead atoms. The van der Waals surface area contributed by atoms with Crippen molar-refractivity contribution in [3.63, 3.8) is 0 Å². The molecule has 0 saturated heterocycles. The molecule has 0 radical (unpaired) electrons. The third kappa shape index (κ3) is 2.01. The van der Waals surface area contributed by atoms with Crippen LogP contribution in [-0.4, -0.2) is 17.3 Å². The molecule has 3 fully saturated rings. The molecule has 4 rings (SSSR count). The topological polar surface area (TPSA) is 32.3 Å². The second-order valence-corrected chi connectivity index (χ2v) is 7.54. The van der Waals surface area contributed by atoms with E-state index in [2.05, 4.69) is 56.4 Å². The first-order valence-electron chi connectivity index (χ1n) is 7.88. The Bertz CT molecular complexity index is 470. The van der Waals surface area contributed by atoms with Crippen LogP contribution in [0.15, 0.2) is 30.3 Å². The molecule has 0 aromatic heterocycles. The largest absolute Gasteiger partial charge is 0.396 e. The number of aliphatic hydroxyl groups excluding tert-OH is 1. The Balaban J connectivity index is 1.77. The van der Waals surface area contributed by atoms with Gasteiger partial charge in [0.25, 0.3) is 0 Å². The summed E-state index contributed by atoms with van der Waals surface area (Å²) in [7, 11) is 0. The monoisotopic (exact) mass is 273 g/mol. The van der Waals surface area contributed by atoms with Crippen LogP contribution < -0.4 is 5.32 Å². The Kier molecular flexibility index (Phi) is 3.42. The highest BCUT2D eigenvalue weighted by molar-refractivity contribution is 5.18. The van der Waals surface area contributed by atoms with E-state index in [9.17, 15) is 5.11 Å². The van der Waals surface area contributed by atoms with Crippen LogP contribution in [0.5, 0.6) is 0 Å². The maximum Gasteiger partial charge on any atom is 0.0477 e. The van der Waals surface area contributed by atoms with Gasteiger partial charge < -0.3 is 10.4 Å². The van der Waals surface area contributed by atoms with Gasteiger partial charge in [0.15, 0.2) is 0 Å². The summed E-state index contributed by atoms with van der Waals surface area (Å²) >= 11 is 0. The molecule has 110 valence electrons. The summed E-state index contributed by atoms with van der Waals surface area (Å²) in [4.78, 5) is 0. The highest BCUT2D eigenvalue weighted by Crippen LogP contribution is 2.64. The van der Waals surface area contributed by atoms with Gasteiger partial charge in [-0.2, -0.15) is 0 Å². The standard InChI is InChI=1S/C18H27NO/c1-17(2)14-9-15(12-20)18(3,16(17)10-14)19-11-13-7-5-4-6-8-13/h4-8,14-16,19-20H,9-12H2,1-3H3/t14-,15+,16+,18-/m0/s1. The molecule has 3 aliphatic carbocycles. The van der Waals surface area contributed by atoms with Crippen molar-refractivity contribution in [2.75, 3.05) is 6.61 Å². The quantitative estimate of drug-likeness (QED) is 0.883. The van der Waals surface area contributed by atoms with Gasteiger partial charge in [-0.05, 0) is 42.6 Å². The van der Waals surface area contributed by atoms with Gasteiger partial charge in [0.05, 0.1) is 0 Å². The van der Waals surface area contributed by atoms with Gasteiger partial charge in [-0.15, -0.1) is 0 Å². The number of nitrogens with one attached hydrogen (secondary N) is 1. The minimum Gasteiger partial charge on any atom is -0.396 e. The summed E-state index contributed by atoms with van der Waals surface area (Å²) < 4.78 is 0. The predicted molar refractivity (Wildman–Crippen MR) is 82.3 cm³/mol. The molecule has 20 heavy (non-hydrogen) atoms. The van der Waals surface area contributed by atoms with E-state index >= 15 is 0 Å². The van der Waals surface area contributed by atoms with Crippen molar-refractivity contribution in [2.24, 2.45) is 23.2 Å². The van der Waals surface area contributed by atoms with E-state index in [-0.39, 0.29) is 5.54 Å². The second-order valence-electron chi connectivity index (χ2n) is 7.54. The van der Waals surface area contributed by atoms with Crippen LogP contribution in [0.3, 0.4) is 0 Å². The van der Waals surface area contributed by atoms with Crippen molar-refractivity contribution < 1.29 is 5.11 Å². The molecule has 2 nitrogen and oxygen atoms in total. The molecule has 3 saturated carbocycles. The zero-order valence-electron chi connectivity index (χ0n) is 12.9. The Morgan fingerprint density at radius 2 is 1.85 bits per heavy atom. The summed E-state index contributed by atoms with van der Waals surface area (Å²) in [5, 5.41) is 13.6. The molecule has 0 unspecified atom stereocenters. The predicted octanol–water partition coefficient (Wildman–Crippen LogP) is 3.21. The molecule has 0 amide bonds. The van der Waals surface area contributed by atoms with E-state index in [1.165, 1.54) is 12.0 Å². The zero-order valence-corrected chi connectivity index (χ0v) is 12.9. The minimum absolute atomic E-state index is 0.0584. The van der Waals surface area contributed by atoms with Crippen LogP contribution in [0.2, 0.25) is 0 Å². The number of aliphatic hydroxyl groups is 1. The van der Waals surface area contributed by atoms with E-state index < -0.39 is 0 Å². The van der Waals surface area contributed by atoms with E-state index in [0.29, 0.717) is 23.9 Å². The van der Waals surface area contributed by atoms with Crippen LogP contribution in [0.1, 0.15) is 39.2 Å². The summed E-state index contributed by atoms with van der Waals surface area (Å²) in [6.45, 7) is 8.34. The van der Waals surface area contributed by atoms with Gasteiger partial charge in [-0.25, -0.2) is 0 Å². The summed E-state index contributed by atoms with van der Waals surface area (Å²) in [5.41, 5.74) is 1.80. The maximum atomic E-state index is 9.79. The Morgan fingerprint density at radius 3 is 2.45 bits per heavy atom. The number of fused-ring (bicyclic) bond motifs is 2. The van der Waals surface area contributed by atoms with E-state index in [0.717, 1.165) is 18.9 Å². The minimum atomic E-state index is 0.0584. The molecule has 3 aliphatic rings. The van der Waals surface area contributed by atoms with Gasteiger partial charge in [0.2, 0.25) is 0 Å². The third-order valence-electron chi connectivity index (χ3n) is 6.35. The Labute approximate surface area is 122 Å². The lowest BCUT2D eigenvalue weighted by Crippen LogP contribution is -2.70. The number of hydrogen-bond acceptors (Lipinski definition) is 2. The fraction of sp³-hybridized carbons (Fsp3) is 0.667. The maximum absolute atomic E-state index is 9.79. The number of benzene rings is 1. The smallest absolute Gasteiger partial charge is 0.0477 e. The molecule has 1 aromatic rings. The van der Waals surface area contributed by atoms with E-state index in [4.69, 9.17) is 0 Å². The fourth-order valence-corrected chi connectivity index (χ4v) is 4.73. The molecule has 1 aromatic carbocycles. The third-order valence-corrected chi connectivity index (χ3v) is 6.35. The van der Waals surface area contributed by atoms with Crippen molar-refractivity contribution in [3.05, 3.63) is 35.9 Å². The lowest BCUT2D eigenvalue weighted by atomic mass is 9.41. The summed E-state index contributed by atoms with van der Waals surface area (Å²) in [5.74, 6) is 1.87. The molecule has 2 heteroatoms. The molecule has 4 atom stereocenters. The fourth-order valence-electron chi connectivity index (χ4n) is 4.73. The van der Waals surface area contributed by atoms with Crippen molar-refractivity contribution in [2.45, 2.75) is 45.7 Å². The van der Waals surface area contributed by atoms with Crippen molar-refractivity contribution >= 4 is 0 Å². The zero-order chi connectivity index (χ0) is 14.4. The Morgan fingerprint density at radius 1 is 1.15 bits per heavy atom. The first kappa shape index (κ1) is 14.1. The van der Waals surface area contributed by atoms with Crippen molar-refractivity contribution in [1.29, 1.82) is 0 Å². The average Bonchev–Trinajstić information content (AvgIpc) is 2.46. The van der Waals surface area contributed by atoms with Crippen molar-refractivity contribution in [3.8, 4) is 0 Å². The van der Waals surface area contributed by atoms with Crippen molar-refractivity contribution in [1.82, 2.24) is 5.32 Å². The first-order valence-corrected chi connectivity index (χ1v) is 7.88. The molecule has 0 aliphatic heterocycles. The van der Waals surface area contributed by atoms with Crippen LogP contribution in [-0.2, 0) is 6.54 Å². The lowest BCUT2D eigenvalue weighted by molar-refractivity contribution is -0.162. The lowest BCUT2D eigenvalue weighted by Gasteiger charge is -2.67. The molecular formula is C18H27NO. The van der Waals surface area contributed by atoms with E-state index in [1.54, 1.807) is 0 Å².